The predicted molar refractivity (Wildman–Crippen MR) is 76.5 cm³/mol. The summed E-state index contributed by atoms with van der Waals surface area (Å²) in [6.45, 7) is 4.98. The summed E-state index contributed by atoms with van der Waals surface area (Å²) in [7, 11) is 0. The number of nitrogens with zero attached hydrogens (tertiary/aromatic N) is 1. The van der Waals surface area contributed by atoms with Gasteiger partial charge in [0.05, 0.1) is 13.2 Å². The predicted octanol–water partition coefficient (Wildman–Crippen LogP) is 3.12. The van der Waals surface area contributed by atoms with E-state index in [2.05, 4.69) is 0 Å². The smallest absolute Gasteiger partial charge is 0.409 e. The first-order chi connectivity index (χ1) is 9.69. The summed E-state index contributed by atoms with van der Waals surface area (Å²) in [6.07, 6.45) is 6.40. The van der Waals surface area contributed by atoms with Crippen LogP contribution in [0.5, 0.6) is 0 Å². The van der Waals surface area contributed by atoms with Crippen molar-refractivity contribution in [3.05, 3.63) is 0 Å². The van der Waals surface area contributed by atoms with Crippen LogP contribution in [0, 0.1) is 0 Å². The van der Waals surface area contributed by atoms with Gasteiger partial charge in [0.2, 0.25) is 0 Å². The highest BCUT2D eigenvalue weighted by Crippen LogP contribution is 2.23. The molecule has 20 heavy (non-hydrogen) atoms. The van der Waals surface area contributed by atoms with Crippen molar-refractivity contribution in [1.82, 2.24) is 4.90 Å². The topological polar surface area (TPSA) is 55.8 Å². The summed E-state index contributed by atoms with van der Waals surface area (Å²) in [5, 5.41) is 0. The van der Waals surface area contributed by atoms with Crippen LogP contribution in [0.4, 0.5) is 4.79 Å². The lowest BCUT2D eigenvalue weighted by Gasteiger charge is -2.33. The van der Waals surface area contributed by atoms with Crippen molar-refractivity contribution >= 4 is 12.1 Å². The van der Waals surface area contributed by atoms with Gasteiger partial charge in [-0.2, -0.15) is 0 Å². The molecule has 5 heteroatoms. The van der Waals surface area contributed by atoms with E-state index < -0.39 is 0 Å². The van der Waals surface area contributed by atoms with Crippen LogP contribution in [0.1, 0.15) is 58.8 Å². The second kappa shape index (κ2) is 9.61. The monoisotopic (exact) mass is 285 g/mol. The van der Waals surface area contributed by atoms with Gasteiger partial charge in [0.1, 0.15) is 0 Å². The average Bonchev–Trinajstić information content (AvgIpc) is 2.45. The normalized spacial score (nSPS) is 15.7. The summed E-state index contributed by atoms with van der Waals surface area (Å²) in [4.78, 5) is 25.2. The molecule has 1 fully saturated rings. The summed E-state index contributed by atoms with van der Waals surface area (Å²) < 4.78 is 10.0. The summed E-state index contributed by atoms with van der Waals surface area (Å²) >= 11 is 0. The van der Waals surface area contributed by atoms with E-state index in [0.717, 1.165) is 12.8 Å². The average molecular weight is 285 g/mol. The van der Waals surface area contributed by atoms with E-state index in [9.17, 15) is 9.59 Å². The van der Waals surface area contributed by atoms with Gasteiger partial charge in [-0.3, -0.25) is 4.79 Å². The molecule has 0 aromatic rings. The third kappa shape index (κ3) is 5.80. The molecule has 1 saturated carbocycles. The van der Waals surface area contributed by atoms with Crippen molar-refractivity contribution in [2.24, 2.45) is 0 Å². The Bertz CT molecular complexity index is 300. The maximum atomic E-state index is 12.0. The minimum atomic E-state index is -0.247. The molecule has 5 nitrogen and oxygen atoms in total. The Balaban J connectivity index is 2.45. The molecule has 0 radical (unpaired) electrons. The Labute approximate surface area is 121 Å². The first-order valence-electron chi connectivity index (χ1n) is 7.78. The van der Waals surface area contributed by atoms with Crippen LogP contribution in [0.2, 0.25) is 0 Å². The number of rotatable bonds is 7. The van der Waals surface area contributed by atoms with Gasteiger partial charge in [0.15, 0.2) is 0 Å². The molecule has 0 unspecified atom stereocenters. The highest BCUT2D eigenvalue weighted by atomic mass is 16.6. The van der Waals surface area contributed by atoms with Gasteiger partial charge in [0, 0.05) is 19.0 Å². The van der Waals surface area contributed by atoms with Gasteiger partial charge in [-0.15, -0.1) is 0 Å². The van der Waals surface area contributed by atoms with Crippen molar-refractivity contribution in [1.29, 1.82) is 0 Å². The van der Waals surface area contributed by atoms with E-state index in [1.807, 2.05) is 11.8 Å². The molecule has 0 atom stereocenters. The minimum Gasteiger partial charge on any atom is -0.466 e. The molecule has 0 aromatic carbocycles. The molecule has 0 saturated heterocycles. The van der Waals surface area contributed by atoms with Crippen LogP contribution in [0.25, 0.3) is 0 Å². The molecule has 0 heterocycles. The second-order valence-corrected chi connectivity index (χ2v) is 5.09. The summed E-state index contributed by atoms with van der Waals surface area (Å²) in [5.74, 6) is -0.194. The van der Waals surface area contributed by atoms with E-state index in [1.165, 1.54) is 19.3 Å². The Hall–Kier alpha value is -1.26. The molecular weight excluding hydrogens is 258 g/mol. The fraction of sp³-hybridized carbons (Fsp3) is 0.867. The molecule has 0 aromatic heterocycles. The van der Waals surface area contributed by atoms with E-state index in [4.69, 9.17) is 9.47 Å². The van der Waals surface area contributed by atoms with Gasteiger partial charge < -0.3 is 14.4 Å². The van der Waals surface area contributed by atoms with Crippen molar-refractivity contribution < 1.29 is 19.1 Å². The molecule has 1 aliphatic carbocycles. The molecule has 0 spiro atoms. The van der Waals surface area contributed by atoms with Gasteiger partial charge in [-0.25, -0.2) is 4.79 Å². The molecule has 116 valence electrons. The lowest BCUT2D eigenvalue weighted by Crippen LogP contribution is -2.42. The van der Waals surface area contributed by atoms with Gasteiger partial charge >= 0.3 is 12.1 Å². The van der Waals surface area contributed by atoms with Crippen LogP contribution in [-0.2, 0) is 14.3 Å². The Morgan fingerprint density at radius 1 is 1.05 bits per heavy atom. The first kappa shape index (κ1) is 16.8. The Morgan fingerprint density at radius 2 is 1.70 bits per heavy atom. The number of hydrogen-bond donors (Lipinski definition) is 0. The van der Waals surface area contributed by atoms with Crippen molar-refractivity contribution in [2.45, 2.75) is 64.8 Å². The maximum Gasteiger partial charge on any atom is 0.409 e. The summed E-state index contributed by atoms with van der Waals surface area (Å²) in [6, 6.07) is 0.269. The zero-order valence-corrected chi connectivity index (χ0v) is 12.7. The largest absolute Gasteiger partial charge is 0.466 e. The van der Waals surface area contributed by atoms with E-state index >= 15 is 0 Å². The van der Waals surface area contributed by atoms with Crippen LogP contribution < -0.4 is 0 Å². The zero-order chi connectivity index (χ0) is 14.8. The molecule has 1 aliphatic rings. The highest BCUT2D eigenvalue weighted by molar-refractivity contribution is 5.70. The number of esters is 1. The number of carbonyl (C=O) groups excluding carboxylic acids is 2. The molecule has 0 N–H and O–H groups in total. The van der Waals surface area contributed by atoms with Crippen LogP contribution in [0.15, 0.2) is 0 Å². The van der Waals surface area contributed by atoms with E-state index in [-0.39, 0.29) is 18.1 Å². The third-order valence-corrected chi connectivity index (χ3v) is 3.60. The number of hydrogen-bond acceptors (Lipinski definition) is 4. The quantitative estimate of drug-likeness (QED) is 0.674. The van der Waals surface area contributed by atoms with Crippen LogP contribution in [-0.4, -0.2) is 42.8 Å². The zero-order valence-electron chi connectivity index (χ0n) is 12.7. The number of carbonyl (C=O) groups is 2. The van der Waals surface area contributed by atoms with Crippen LogP contribution in [0.3, 0.4) is 0 Å². The highest BCUT2D eigenvalue weighted by Gasteiger charge is 2.26. The molecular formula is C15H27NO4. The molecule has 1 rings (SSSR count). The second-order valence-electron chi connectivity index (χ2n) is 5.09. The number of ether oxygens (including phenoxy) is 2. The van der Waals surface area contributed by atoms with Crippen molar-refractivity contribution in [2.75, 3.05) is 19.8 Å². The van der Waals surface area contributed by atoms with Gasteiger partial charge in [0.25, 0.3) is 0 Å². The first-order valence-corrected chi connectivity index (χ1v) is 7.78. The fourth-order valence-electron chi connectivity index (χ4n) is 2.65. The van der Waals surface area contributed by atoms with E-state index in [0.29, 0.717) is 32.6 Å². The third-order valence-electron chi connectivity index (χ3n) is 3.60. The van der Waals surface area contributed by atoms with E-state index in [1.54, 1.807) is 6.92 Å². The Kier molecular flexibility index (Phi) is 8.07. The van der Waals surface area contributed by atoms with Crippen LogP contribution >= 0.6 is 0 Å². The maximum absolute atomic E-state index is 12.0. The molecule has 0 aliphatic heterocycles. The minimum absolute atomic E-state index is 0.194. The van der Waals surface area contributed by atoms with Crippen molar-refractivity contribution in [3.8, 4) is 0 Å². The number of amides is 1. The fourth-order valence-corrected chi connectivity index (χ4v) is 2.65. The Morgan fingerprint density at radius 3 is 2.30 bits per heavy atom. The lowest BCUT2D eigenvalue weighted by atomic mass is 9.94. The SMILES string of the molecule is CCOC(=O)CCCN(C(=O)OCC)C1CCCCC1. The van der Waals surface area contributed by atoms with Gasteiger partial charge in [-0.05, 0) is 33.1 Å². The lowest BCUT2D eigenvalue weighted by molar-refractivity contribution is -0.143. The van der Waals surface area contributed by atoms with Gasteiger partial charge in [-0.1, -0.05) is 19.3 Å². The summed E-state index contributed by atoms with van der Waals surface area (Å²) in [5.41, 5.74) is 0. The molecule has 1 amide bonds. The molecule has 0 bridgehead atoms. The standard InChI is InChI=1S/C15H27NO4/c1-3-19-14(17)11-8-12-16(15(18)20-4-2)13-9-6-5-7-10-13/h13H,3-12H2,1-2H3. The van der Waals surface area contributed by atoms with Crippen molar-refractivity contribution in [3.63, 3.8) is 0 Å².